The highest BCUT2D eigenvalue weighted by molar-refractivity contribution is 7.07. The quantitative estimate of drug-likeness (QED) is 0.387. The lowest BCUT2D eigenvalue weighted by atomic mass is 9.92. The van der Waals surface area contributed by atoms with Crippen molar-refractivity contribution in [3.63, 3.8) is 0 Å². The number of carboxylic acids is 1. The van der Waals surface area contributed by atoms with E-state index in [2.05, 4.69) is 68.7 Å². The second kappa shape index (κ2) is 10.6. The SMILES string of the molecule is Cn1cnc2c(-c3ccccc3)nc(C3CCN(Cc4ccsc4)CC3)cc21.O=C(O)C(F)(F)F. The normalized spacial score (nSPS) is 15.1. The van der Waals surface area contributed by atoms with Crippen LogP contribution in [0, 0.1) is 0 Å². The number of carboxylic acid groups (broad SMARTS) is 1. The highest BCUT2D eigenvalue weighted by Crippen LogP contribution is 2.33. The molecule has 4 aromatic rings. The maximum Gasteiger partial charge on any atom is 0.490 e. The molecule has 0 spiro atoms. The van der Waals surface area contributed by atoms with Crippen LogP contribution in [-0.2, 0) is 18.4 Å². The van der Waals surface area contributed by atoms with Crippen LogP contribution >= 0.6 is 11.3 Å². The molecule has 4 heterocycles. The molecule has 0 aliphatic carbocycles. The van der Waals surface area contributed by atoms with E-state index in [9.17, 15) is 13.2 Å². The van der Waals surface area contributed by atoms with Gasteiger partial charge in [0.05, 0.1) is 17.5 Å². The van der Waals surface area contributed by atoms with Gasteiger partial charge < -0.3 is 9.67 Å². The van der Waals surface area contributed by atoms with Crippen LogP contribution < -0.4 is 0 Å². The van der Waals surface area contributed by atoms with Gasteiger partial charge in [-0.2, -0.15) is 24.5 Å². The van der Waals surface area contributed by atoms with Crippen LogP contribution in [0.5, 0.6) is 0 Å². The average molecular weight is 503 g/mol. The first-order valence-electron chi connectivity index (χ1n) is 11.1. The summed E-state index contributed by atoms with van der Waals surface area (Å²) in [6, 6.07) is 14.9. The smallest absolute Gasteiger partial charge is 0.475 e. The van der Waals surface area contributed by atoms with Crippen molar-refractivity contribution in [2.24, 2.45) is 7.05 Å². The van der Waals surface area contributed by atoms with Crippen LogP contribution in [0.1, 0.15) is 30.0 Å². The van der Waals surface area contributed by atoms with Crippen LogP contribution in [0.3, 0.4) is 0 Å². The third-order valence-electron chi connectivity index (χ3n) is 6.01. The molecule has 6 nitrogen and oxygen atoms in total. The summed E-state index contributed by atoms with van der Waals surface area (Å²) in [6.07, 6.45) is -0.866. The molecule has 1 saturated heterocycles. The van der Waals surface area contributed by atoms with Crippen LogP contribution in [0.4, 0.5) is 13.2 Å². The van der Waals surface area contributed by atoms with Crippen LogP contribution in [0.15, 0.2) is 59.6 Å². The average Bonchev–Trinajstić information content (AvgIpc) is 3.49. The standard InChI is InChI=1S/C23H24N4S.C2HF3O2/c1-26-16-24-23-21(26)13-20(25-22(23)19-5-3-2-4-6-19)18-7-10-27(11-8-18)14-17-9-12-28-15-17;3-2(4,5)1(6)7/h2-6,9,12-13,15-16,18H,7-8,10-11,14H2,1H3;(H,6,7). The molecular weight excluding hydrogens is 477 g/mol. The Morgan fingerprint density at radius 3 is 2.46 bits per heavy atom. The summed E-state index contributed by atoms with van der Waals surface area (Å²) in [5.41, 5.74) is 6.96. The minimum atomic E-state index is -5.08. The zero-order valence-electron chi connectivity index (χ0n) is 19.1. The molecule has 3 aromatic heterocycles. The van der Waals surface area contributed by atoms with E-state index in [0.29, 0.717) is 5.92 Å². The maximum absolute atomic E-state index is 10.6. The Hall–Kier alpha value is -3.24. The van der Waals surface area contributed by atoms with Gasteiger partial charge in [0, 0.05) is 30.8 Å². The van der Waals surface area contributed by atoms with Crippen molar-refractivity contribution >= 4 is 28.3 Å². The molecule has 0 unspecified atom stereocenters. The highest BCUT2D eigenvalue weighted by Gasteiger charge is 2.38. The second-order valence-electron chi connectivity index (χ2n) is 8.47. The fourth-order valence-electron chi connectivity index (χ4n) is 4.18. The number of carbonyl (C=O) groups is 1. The summed E-state index contributed by atoms with van der Waals surface area (Å²) < 4.78 is 33.8. The molecule has 10 heteroatoms. The number of pyridine rings is 1. The fourth-order valence-corrected chi connectivity index (χ4v) is 4.84. The summed E-state index contributed by atoms with van der Waals surface area (Å²) in [4.78, 5) is 21.2. The van der Waals surface area contributed by atoms with Crippen LogP contribution in [0.2, 0.25) is 0 Å². The van der Waals surface area contributed by atoms with E-state index in [-0.39, 0.29) is 0 Å². The highest BCUT2D eigenvalue weighted by atomic mass is 32.1. The van der Waals surface area contributed by atoms with Gasteiger partial charge in [-0.1, -0.05) is 30.3 Å². The van der Waals surface area contributed by atoms with E-state index in [0.717, 1.165) is 49.2 Å². The van der Waals surface area contributed by atoms with Crippen molar-refractivity contribution < 1.29 is 23.1 Å². The Kier molecular flexibility index (Phi) is 7.51. The first kappa shape index (κ1) is 24.9. The molecule has 0 bridgehead atoms. The molecule has 35 heavy (non-hydrogen) atoms. The summed E-state index contributed by atoms with van der Waals surface area (Å²) in [5.74, 6) is -2.24. The summed E-state index contributed by atoms with van der Waals surface area (Å²) in [5, 5.41) is 11.6. The Balaban J connectivity index is 0.000000364. The molecule has 1 aliphatic rings. The molecular formula is C25H25F3N4O2S. The Morgan fingerprint density at radius 2 is 1.86 bits per heavy atom. The van der Waals surface area contributed by atoms with Crippen molar-refractivity contribution in [2.75, 3.05) is 13.1 Å². The first-order valence-corrected chi connectivity index (χ1v) is 12.1. The molecule has 1 aliphatic heterocycles. The largest absolute Gasteiger partial charge is 0.490 e. The Bertz CT molecular complexity index is 1270. The van der Waals surface area contributed by atoms with Crippen molar-refractivity contribution in [3.8, 4) is 11.3 Å². The van der Waals surface area contributed by atoms with Gasteiger partial charge >= 0.3 is 12.1 Å². The van der Waals surface area contributed by atoms with E-state index < -0.39 is 12.1 Å². The number of alkyl halides is 3. The van der Waals surface area contributed by atoms with Gasteiger partial charge in [-0.3, -0.25) is 9.88 Å². The van der Waals surface area contributed by atoms with Crippen LogP contribution in [0.25, 0.3) is 22.3 Å². The zero-order chi connectivity index (χ0) is 25.0. The van der Waals surface area contributed by atoms with Crippen LogP contribution in [-0.4, -0.2) is 49.8 Å². The number of hydrogen-bond donors (Lipinski definition) is 1. The molecule has 1 fully saturated rings. The number of thiophene rings is 1. The zero-order valence-corrected chi connectivity index (χ0v) is 19.9. The first-order chi connectivity index (χ1) is 16.7. The molecule has 184 valence electrons. The van der Waals surface area contributed by atoms with Gasteiger partial charge in [0.1, 0.15) is 5.52 Å². The van der Waals surface area contributed by atoms with Gasteiger partial charge in [0.25, 0.3) is 0 Å². The number of imidazole rings is 1. The number of aliphatic carboxylic acids is 1. The lowest BCUT2D eigenvalue weighted by Gasteiger charge is -2.31. The van der Waals surface area contributed by atoms with Crippen molar-refractivity contribution in [3.05, 3.63) is 70.8 Å². The minimum Gasteiger partial charge on any atom is -0.475 e. The van der Waals surface area contributed by atoms with Gasteiger partial charge in [0.15, 0.2) is 0 Å². The topological polar surface area (TPSA) is 71.2 Å². The van der Waals surface area contributed by atoms with Crippen molar-refractivity contribution in [2.45, 2.75) is 31.5 Å². The molecule has 0 radical (unpaired) electrons. The number of aromatic nitrogens is 3. The minimum absolute atomic E-state index is 0.514. The Labute approximate surface area is 204 Å². The van der Waals surface area contributed by atoms with E-state index in [4.69, 9.17) is 14.9 Å². The molecule has 1 N–H and O–H groups in total. The molecule has 1 aromatic carbocycles. The summed E-state index contributed by atoms with van der Waals surface area (Å²) in [7, 11) is 2.07. The van der Waals surface area contributed by atoms with E-state index in [1.54, 1.807) is 11.3 Å². The number of benzene rings is 1. The van der Waals surface area contributed by atoms with Gasteiger partial charge in [-0.15, -0.1) is 0 Å². The molecule has 0 saturated carbocycles. The number of likely N-dealkylation sites (tertiary alicyclic amines) is 1. The van der Waals surface area contributed by atoms with Gasteiger partial charge in [-0.05, 0) is 54.4 Å². The number of piperidine rings is 1. The van der Waals surface area contributed by atoms with Gasteiger partial charge in [0.2, 0.25) is 0 Å². The predicted octanol–water partition coefficient (Wildman–Crippen LogP) is 5.71. The summed E-state index contributed by atoms with van der Waals surface area (Å²) >= 11 is 1.78. The van der Waals surface area contributed by atoms with E-state index in [1.807, 2.05) is 12.4 Å². The van der Waals surface area contributed by atoms with E-state index >= 15 is 0 Å². The predicted molar refractivity (Wildman–Crippen MR) is 129 cm³/mol. The fraction of sp³-hybridized carbons (Fsp3) is 0.320. The lowest BCUT2D eigenvalue weighted by molar-refractivity contribution is -0.192. The van der Waals surface area contributed by atoms with Crippen molar-refractivity contribution in [1.29, 1.82) is 0 Å². The Morgan fingerprint density at radius 1 is 1.17 bits per heavy atom. The van der Waals surface area contributed by atoms with Gasteiger partial charge in [-0.25, -0.2) is 9.78 Å². The van der Waals surface area contributed by atoms with Crippen molar-refractivity contribution in [1.82, 2.24) is 19.4 Å². The number of hydrogen-bond acceptors (Lipinski definition) is 5. The number of aryl methyl sites for hydroxylation is 1. The summed E-state index contributed by atoms with van der Waals surface area (Å²) in [6.45, 7) is 3.33. The molecule has 0 amide bonds. The maximum atomic E-state index is 10.6. The monoisotopic (exact) mass is 502 g/mol. The molecule has 5 rings (SSSR count). The number of fused-ring (bicyclic) bond motifs is 1. The number of halogens is 3. The van der Waals surface area contributed by atoms with E-state index in [1.165, 1.54) is 16.8 Å². The third kappa shape index (κ3) is 6.07. The second-order valence-corrected chi connectivity index (χ2v) is 9.25. The number of nitrogens with zero attached hydrogens (tertiary/aromatic N) is 4. The third-order valence-corrected chi connectivity index (χ3v) is 6.75. The lowest BCUT2D eigenvalue weighted by Crippen LogP contribution is -2.32. The molecule has 0 atom stereocenters. The number of rotatable bonds is 4.